The van der Waals surface area contributed by atoms with Crippen molar-refractivity contribution in [1.29, 1.82) is 0 Å². The number of rotatable bonds is 4. The van der Waals surface area contributed by atoms with Crippen LogP contribution in [-0.4, -0.2) is 23.6 Å². The van der Waals surface area contributed by atoms with Gasteiger partial charge in [0.15, 0.2) is 5.75 Å². The van der Waals surface area contributed by atoms with E-state index >= 15 is 0 Å². The Morgan fingerprint density at radius 3 is 2.35 bits per heavy atom. The molecule has 0 saturated heterocycles. The van der Waals surface area contributed by atoms with E-state index in [1.54, 1.807) is 19.9 Å². The molecular formula is C11H14F3NO2. The molecule has 1 rings (SSSR count). The topological polar surface area (TPSA) is 41.5 Å². The summed E-state index contributed by atoms with van der Waals surface area (Å²) in [6.07, 6.45) is -5.42. The fourth-order valence-electron chi connectivity index (χ4n) is 1.17. The summed E-state index contributed by atoms with van der Waals surface area (Å²) in [6, 6.07) is 5.32. The minimum atomic E-state index is -4.73. The summed E-state index contributed by atoms with van der Waals surface area (Å²) in [6.45, 7) is 3.21. The normalized spacial score (nSPS) is 15.2. The molecule has 0 spiro atoms. The first-order valence-electron chi connectivity index (χ1n) is 5.09. The first kappa shape index (κ1) is 13.6. The van der Waals surface area contributed by atoms with Crippen molar-refractivity contribution in [3.8, 4) is 5.75 Å². The van der Waals surface area contributed by atoms with Crippen molar-refractivity contribution in [2.75, 3.05) is 5.32 Å². The van der Waals surface area contributed by atoms with E-state index in [-0.39, 0.29) is 17.5 Å². The third-order valence-electron chi connectivity index (χ3n) is 2.22. The lowest BCUT2D eigenvalue weighted by Crippen LogP contribution is -2.28. The van der Waals surface area contributed by atoms with Crippen molar-refractivity contribution in [1.82, 2.24) is 0 Å². The predicted octanol–water partition coefficient (Wildman–Crippen LogP) is 2.77. The van der Waals surface area contributed by atoms with Gasteiger partial charge in [-0.3, -0.25) is 0 Å². The van der Waals surface area contributed by atoms with Crippen LogP contribution in [0.1, 0.15) is 13.8 Å². The van der Waals surface area contributed by atoms with Crippen molar-refractivity contribution in [2.24, 2.45) is 0 Å². The minimum absolute atomic E-state index is 0.193. The van der Waals surface area contributed by atoms with Crippen LogP contribution in [-0.2, 0) is 0 Å². The van der Waals surface area contributed by atoms with E-state index in [2.05, 4.69) is 10.1 Å². The second-order valence-corrected chi connectivity index (χ2v) is 3.72. The number of aliphatic hydroxyl groups excluding tert-OH is 1. The largest absolute Gasteiger partial charge is 0.573 e. The highest BCUT2D eigenvalue weighted by Crippen LogP contribution is 2.30. The van der Waals surface area contributed by atoms with Gasteiger partial charge < -0.3 is 15.2 Å². The number of alkyl halides is 3. The van der Waals surface area contributed by atoms with E-state index in [4.69, 9.17) is 0 Å². The lowest BCUT2D eigenvalue weighted by Gasteiger charge is -2.20. The molecule has 2 N–H and O–H groups in total. The summed E-state index contributed by atoms with van der Waals surface area (Å²) in [5.41, 5.74) is 0.193. The third kappa shape index (κ3) is 4.52. The van der Waals surface area contributed by atoms with E-state index in [1.807, 2.05) is 0 Å². The molecule has 0 aliphatic rings. The zero-order valence-electron chi connectivity index (χ0n) is 9.45. The minimum Gasteiger partial charge on any atom is -0.404 e. The second-order valence-electron chi connectivity index (χ2n) is 3.72. The molecule has 2 unspecified atom stereocenters. The molecule has 0 bridgehead atoms. The number of para-hydroxylation sites is 2. The van der Waals surface area contributed by atoms with Crippen LogP contribution in [0.15, 0.2) is 24.3 Å². The maximum atomic E-state index is 12.1. The Morgan fingerprint density at radius 1 is 1.24 bits per heavy atom. The average Bonchev–Trinajstić information content (AvgIpc) is 2.18. The number of nitrogens with one attached hydrogen (secondary N) is 1. The molecule has 1 aromatic rings. The molecule has 2 atom stereocenters. The zero-order chi connectivity index (χ0) is 13.1. The Morgan fingerprint density at radius 2 is 1.82 bits per heavy atom. The van der Waals surface area contributed by atoms with Crippen LogP contribution in [0.25, 0.3) is 0 Å². The molecule has 96 valence electrons. The van der Waals surface area contributed by atoms with E-state index in [0.717, 1.165) is 0 Å². The van der Waals surface area contributed by atoms with Gasteiger partial charge >= 0.3 is 6.36 Å². The zero-order valence-corrected chi connectivity index (χ0v) is 9.45. The van der Waals surface area contributed by atoms with E-state index in [1.165, 1.54) is 18.2 Å². The maximum Gasteiger partial charge on any atom is 0.573 e. The third-order valence-corrected chi connectivity index (χ3v) is 2.22. The lowest BCUT2D eigenvalue weighted by molar-refractivity contribution is -0.274. The first-order valence-corrected chi connectivity index (χ1v) is 5.09. The molecule has 17 heavy (non-hydrogen) atoms. The summed E-state index contributed by atoms with van der Waals surface area (Å²) in [5.74, 6) is -0.312. The van der Waals surface area contributed by atoms with Crippen molar-refractivity contribution >= 4 is 5.69 Å². The van der Waals surface area contributed by atoms with Crippen LogP contribution in [0.3, 0.4) is 0 Å². The van der Waals surface area contributed by atoms with Gasteiger partial charge in [0.2, 0.25) is 0 Å². The standard InChI is InChI=1S/C11H14F3NO2/c1-7(8(2)16)15-9-5-3-4-6-10(9)17-11(12,13)14/h3-8,15-16H,1-2H3. The van der Waals surface area contributed by atoms with Crippen LogP contribution in [0.4, 0.5) is 18.9 Å². The highest BCUT2D eigenvalue weighted by Gasteiger charge is 2.32. The summed E-state index contributed by atoms with van der Waals surface area (Å²) < 4.78 is 40.2. The van der Waals surface area contributed by atoms with Crippen molar-refractivity contribution < 1.29 is 23.0 Å². The molecule has 0 aliphatic carbocycles. The summed E-state index contributed by atoms with van der Waals surface area (Å²) in [7, 11) is 0. The lowest BCUT2D eigenvalue weighted by atomic mass is 10.2. The van der Waals surface area contributed by atoms with Gasteiger partial charge in [-0.05, 0) is 26.0 Å². The Bertz CT molecular complexity index is 366. The van der Waals surface area contributed by atoms with Gasteiger partial charge in [-0.2, -0.15) is 0 Å². The number of anilines is 1. The van der Waals surface area contributed by atoms with Crippen LogP contribution in [0.5, 0.6) is 5.75 Å². The van der Waals surface area contributed by atoms with Gasteiger partial charge in [0, 0.05) is 6.04 Å². The number of hydrogen-bond acceptors (Lipinski definition) is 3. The number of hydrogen-bond donors (Lipinski definition) is 2. The molecule has 0 aliphatic heterocycles. The Hall–Kier alpha value is -1.43. The second kappa shape index (κ2) is 5.27. The average molecular weight is 249 g/mol. The fourth-order valence-corrected chi connectivity index (χ4v) is 1.17. The van der Waals surface area contributed by atoms with Crippen molar-refractivity contribution in [3.05, 3.63) is 24.3 Å². The highest BCUT2D eigenvalue weighted by molar-refractivity contribution is 5.56. The number of aliphatic hydroxyl groups is 1. The van der Waals surface area contributed by atoms with E-state index in [9.17, 15) is 18.3 Å². The molecular weight excluding hydrogens is 235 g/mol. The molecule has 0 saturated carbocycles. The fraction of sp³-hybridized carbons (Fsp3) is 0.455. The van der Waals surface area contributed by atoms with Crippen LogP contribution < -0.4 is 10.1 Å². The van der Waals surface area contributed by atoms with Gasteiger partial charge in [-0.25, -0.2) is 0 Å². The predicted molar refractivity (Wildman–Crippen MR) is 57.9 cm³/mol. The number of halogens is 3. The van der Waals surface area contributed by atoms with Crippen LogP contribution >= 0.6 is 0 Å². The van der Waals surface area contributed by atoms with Gasteiger partial charge in [0.1, 0.15) is 0 Å². The number of benzene rings is 1. The van der Waals surface area contributed by atoms with Gasteiger partial charge in [0.05, 0.1) is 11.8 Å². The Labute approximate surface area is 97.2 Å². The molecule has 0 aromatic heterocycles. The van der Waals surface area contributed by atoms with Crippen LogP contribution in [0, 0.1) is 0 Å². The molecule has 3 nitrogen and oxygen atoms in total. The summed E-state index contributed by atoms with van der Waals surface area (Å²) >= 11 is 0. The molecule has 0 amide bonds. The van der Waals surface area contributed by atoms with Gasteiger partial charge in [-0.1, -0.05) is 12.1 Å². The van der Waals surface area contributed by atoms with E-state index < -0.39 is 12.5 Å². The molecule has 1 aromatic carbocycles. The molecule has 0 fully saturated rings. The van der Waals surface area contributed by atoms with Crippen LogP contribution in [0.2, 0.25) is 0 Å². The monoisotopic (exact) mass is 249 g/mol. The molecule has 6 heteroatoms. The quantitative estimate of drug-likeness (QED) is 0.862. The maximum absolute atomic E-state index is 12.1. The Kier molecular flexibility index (Phi) is 4.22. The SMILES string of the molecule is CC(O)C(C)Nc1ccccc1OC(F)(F)F. The van der Waals surface area contributed by atoms with Gasteiger partial charge in [0.25, 0.3) is 0 Å². The van der Waals surface area contributed by atoms with Crippen molar-refractivity contribution in [3.63, 3.8) is 0 Å². The number of ether oxygens (including phenoxy) is 1. The molecule has 0 heterocycles. The molecule has 0 radical (unpaired) electrons. The summed E-state index contributed by atoms with van der Waals surface area (Å²) in [4.78, 5) is 0. The first-order chi connectivity index (χ1) is 7.79. The van der Waals surface area contributed by atoms with Gasteiger partial charge in [-0.15, -0.1) is 13.2 Å². The Balaban J connectivity index is 2.85. The highest BCUT2D eigenvalue weighted by atomic mass is 19.4. The van der Waals surface area contributed by atoms with E-state index in [0.29, 0.717) is 0 Å². The smallest absolute Gasteiger partial charge is 0.404 e. The summed E-state index contributed by atoms with van der Waals surface area (Å²) in [5, 5.41) is 12.0. The van der Waals surface area contributed by atoms with Crippen molar-refractivity contribution in [2.45, 2.75) is 32.4 Å².